The number of benzene rings is 1. The molecule has 0 radical (unpaired) electrons. The number of morpholine rings is 1. The summed E-state index contributed by atoms with van der Waals surface area (Å²) in [6.07, 6.45) is 0. The summed E-state index contributed by atoms with van der Waals surface area (Å²) in [6.45, 7) is 8.54. The van der Waals surface area contributed by atoms with Gasteiger partial charge >= 0.3 is 0 Å². The third-order valence-electron chi connectivity index (χ3n) is 2.68. The van der Waals surface area contributed by atoms with Gasteiger partial charge in [0.1, 0.15) is 5.69 Å². The van der Waals surface area contributed by atoms with Crippen molar-refractivity contribution in [3.63, 3.8) is 0 Å². The highest BCUT2D eigenvalue weighted by Crippen LogP contribution is 2.29. The van der Waals surface area contributed by atoms with Crippen molar-refractivity contribution >= 4 is 11.4 Å². The van der Waals surface area contributed by atoms with E-state index in [-0.39, 0.29) is 10.6 Å². The van der Waals surface area contributed by atoms with Gasteiger partial charge in [0.15, 0.2) is 0 Å². The summed E-state index contributed by atoms with van der Waals surface area (Å²) in [7, 11) is 0. The second-order valence-corrected chi connectivity index (χ2v) is 3.85. The maximum atomic E-state index is 11.0. The zero-order chi connectivity index (χ0) is 13.5. The number of ether oxygens (including phenoxy) is 1. The third-order valence-corrected chi connectivity index (χ3v) is 2.68. The van der Waals surface area contributed by atoms with E-state index in [9.17, 15) is 10.1 Å². The van der Waals surface area contributed by atoms with Crippen LogP contribution in [-0.4, -0.2) is 31.2 Å². The van der Waals surface area contributed by atoms with Crippen molar-refractivity contribution in [1.82, 2.24) is 0 Å². The average molecular weight is 252 g/mol. The number of nitro benzene ring substituents is 1. The monoisotopic (exact) mass is 252 g/mol. The van der Waals surface area contributed by atoms with E-state index in [0.717, 1.165) is 5.56 Å². The maximum absolute atomic E-state index is 11.0. The van der Waals surface area contributed by atoms with Gasteiger partial charge in [0.05, 0.1) is 18.1 Å². The fraction of sp³-hybridized carbons (Fsp3) is 0.538. The molecule has 2 rings (SSSR count). The molecular formula is C13H20N2O3. The van der Waals surface area contributed by atoms with Gasteiger partial charge in [-0.05, 0) is 18.6 Å². The summed E-state index contributed by atoms with van der Waals surface area (Å²) in [5.41, 5.74) is 1.78. The van der Waals surface area contributed by atoms with Crippen LogP contribution in [0.4, 0.5) is 11.4 Å². The predicted octanol–water partition coefficient (Wildman–Crippen LogP) is 2.77. The van der Waals surface area contributed by atoms with Gasteiger partial charge in [-0.15, -0.1) is 0 Å². The molecule has 5 nitrogen and oxygen atoms in total. The van der Waals surface area contributed by atoms with Gasteiger partial charge in [0, 0.05) is 19.2 Å². The fourth-order valence-corrected chi connectivity index (χ4v) is 1.85. The van der Waals surface area contributed by atoms with Crippen molar-refractivity contribution < 1.29 is 9.66 Å². The molecule has 0 unspecified atom stereocenters. The Hall–Kier alpha value is -1.62. The van der Waals surface area contributed by atoms with E-state index in [1.54, 1.807) is 6.07 Å². The molecule has 1 saturated heterocycles. The molecule has 1 aliphatic heterocycles. The minimum Gasteiger partial charge on any atom is -0.378 e. The van der Waals surface area contributed by atoms with Crippen molar-refractivity contribution in [3.8, 4) is 0 Å². The summed E-state index contributed by atoms with van der Waals surface area (Å²) in [5, 5.41) is 11.0. The van der Waals surface area contributed by atoms with Crippen LogP contribution in [0.5, 0.6) is 0 Å². The Morgan fingerprint density at radius 2 is 1.89 bits per heavy atom. The SMILES string of the molecule is CC.Cc1ccc(N2CCOCC2)c([N+](=O)[O-])c1. The minimum atomic E-state index is -0.322. The summed E-state index contributed by atoms with van der Waals surface area (Å²) >= 11 is 0. The molecule has 0 saturated carbocycles. The Balaban J connectivity index is 0.000000771. The Kier molecular flexibility index (Phi) is 5.58. The van der Waals surface area contributed by atoms with Crippen LogP contribution in [0, 0.1) is 17.0 Å². The Morgan fingerprint density at radius 1 is 1.28 bits per heavy atom. The summed E-state index contributed by atoms with van der Waals surface area (Å²) in [5.74, 6) is 0. The molecule has 1 aromatic carbocycles. The lowest BCUT2D eigenvalue weighted by Crippen LogP contribution is -2.36. The van der Waals surface area contributed by atoms with Crippen LogP contribution >= 0.6 is 0 Å². The van der Waals surface area contributed by atoms with Gasteiger partial charge in [-0.2, -0.15) is 0 Å². The first-order valence-electron chi connectivity index (χ1n) is 6.26. The largest absolute Gasteiger partial charge is 0.378 e. The Bertz CT molecular complexity index is 401. The van der Waals surface area contributed by atoms with Crippen LogP contribution in [0.1, 0.15) is 19.4 Å². The van der Waals surface area contributed by atoms with Crippen molar-refractivity contribution in [2.45, 2.75) is 20.8 Å². The molecule has 0 aliphatic carbocycles. The third kappa shape index (κ3) is 3.43. The fourth-order valence-electron chi connectivity index (χ4n) is 1.85. The lowest BCUT2D eigenvalue weighted by molar-refractivity contribution is -0.384. The van der Waals surface area contributed by atoms with Gasteiger partial charge < -0.3 is 9.64 Å². The number of hydrogen-bond donors (Lipinski definition) is 0. The van der Waals surface area contributed by atoms with Crippen molar-refractivity contribution in [2.75, 3.05) is 31.2 Å². The molecule has 1 aliphatic rings. The highest BCUT2D eigenvalue weighted by molar-refractivity contribution is 5.64. The van der Waals surface area contributed by atoms with Gasteiger partial charge in [-0.25, -0.2) is 0 Å². The van der Waals surface area contributed by atoms with E-state index in [4.69, 9.17) is 4.74 Å². The molecule has 0 aromatic heterocycles. The van der Waals surface area contributed by atoms with Crippen LogP contribution in [0.15, 0.2) is 18.2 Å². The molecule has 0 N–H and O–H groups in total. The Morgan fingerprint density at radius 3 is 2.44 bits per heavy atom. The molecule has 5 heteroatoms. The molecule has 0 atom stereocenters. The molecule has 18 heavy (non-hydrogen) atoms. The minimum absolute atomic E-state index is 0.182. The standard InChI is InChI=1S/C11H14N2O3.C2H6/c1-9-2-3-10(11(8-9)13(14)15)12-4-6-16-7-5-12;1-2/h2-3,8H,4-7H2,1H3;1-2H3. The number of rotatable bonds is 2. The summed E-state index contributed by atoms with van der Waals surface area (Å²) < 4.78 is 5.23. The van der Waals surface area contributed by atoms with Crippen molar-refractivity contribution in [3.05, 3.63) is 33.9 Å². The average Bonchev–Trinajstić information content (AvgIpc) is 2.42. The first-order chi connectivity index (χ1) is 8.68. The molecule has 1 heterocycles. The quantitative estimate of drug-likeness (QED) is 0.600. The van der Waals surface area contributed by atoms with Crippen LogP contribution in [0.25, 0.3) is 0 Å². The number of anilines is 1. The number of nitro groups is 1. The first kappa shape index (κ1) is 14.4. The van der Waals surface area contributed by atoms with Gasteiger partial charge in [0.25, 0.3) is 5.69 Å². The van der Waals surface area contributed by atoms with Gasteiger partial charge in [-0.1, -0.05) is 19.9 Å². The van der Waals surface area contributed by atoms with Crippen molar-refractivity contribution in [2.24, 2.45) is 0 Å². The first-order valence-corrected chi connectivity index (χ1v) is 6.26. The smallest absolute Gasteiger partial charge is 0.292 e. The molecule has 0 bridgehead atoms. The summed E-state index contributed by atoms with van der Waals surface area (Å²) in [6, 6.07) is 5.33. The number of nitrogens with zero attached hydrogens (tertiary/aromatic N) is 2. The van der Waals surface area contributed by atoms with Crippen molar-refractivity contribution in [1.29, 1.82) is 0 Å². The van der Waals surface area contributed by atoms with E-state index in [1.807, 2.05) is 37.8 Å². The maximum Gasteiger partial charge on any atom is 0.292 e. The lowest BCUT2D eigenvalue weighted by atomic mass is 10.1. The zero-order valence-electron chi connectivity index (χ0n) is 11.2. The molecular weight excluding hydrogens is 232 g/mol. The van der Waals surface area contributed by atoms with Crippen LogP contribution in [0.3, 0.4) is 0 Å². The molecule has 1 aromatic rings. The van der Waals surface area contributed by atoms with E-state index >= 15 is 0 Å². The van der Waals surface area contributed by atoms with Crippen LogP contribution in [-0.2, 0) is 4.74 Å². The van der Waals surface area contributed by atoms with Gasteiger partial charge in [0.2, 0.25) is 0 Å². The van der Waals surface area contributed by atoms with Crippen LogP contribution < -0.4 is 4.90 Å². The summed E-state index contributed by atoms with van der Waals surface area (Å²) in [4.78, 5) is 12.6. The van der Waals surface area contributed by atoms with E-state index in [2.05, 4.69) is 0 Å². The normalized spacial score (nSPS) is 14.7. The van der Waals surface area contributed by atoms with Crippen LogP contribution in [0.2, 0.25) is 0 Å². The predicted molar refractivity (Wildman–Crippen MR) is 72.2 cm³/mol. The molecule has 100 valence electrons. The zero-order valence-corrected chi connectivity index (χ0v) is 11.2. The van der Waals surface area contributed by atoms with Gasteiger partial charge in [-0.3, -0.25) is 10.1 Å². The molecule has 1 fully saturated rings. The second kappa shape index (κ2) is 6.96. The molecule has 0 spiro atoms. The number of aryl methyl sites for hydroxylation is 1. The lowest BCUT2D eigenvalue weighted by Gasteiger charge is -2.28. The second-order valence-electron chi connectivity index (χ2n) is 3.85. The topological polar surface area (TPSA) is 55.6 Å². The number of hydrogen-bond acceptors (Lipinski definition) is 4. The van der Waals surface area contributed by atoms with E-state index in [1.165, 1.54) is 0 Å². The van der Waals surface area contributed by atoms with E-state index < -0.39 is 0 Å². The van der Waals surface area contributed by atoms with E-state index in [0.29, 0.717) is 32.0 Å². The highest BCUT2D eigenvalue weighted by Gasteiger charge is 2.20. The Labute approximate surface area is 108 Å². The highest BCUT2D eigenvalue weighted by atomic mass is 16.6. The molecule has 0 amide bonds.